The van der Waals surface area contributed by atoms with E-state index in [1.165, 1.54) is 30.0 Å². The smallest absolute Gasteiger partial charge is 0.254 e. The lowest BCUT2D eigenvalue weighted by Gasteiger charge is -2.33. The van der Waals surface area contributed by atoms with Crippen molar-refractivity contribution in [1.29, 1.82) is 0 Å². The van der Waals surface area contributed by atoms with Crippen LogP contribution in [0.3, 0.4) is 0 Å². The van der Waals surface area contributed by atoms with Crippen LogP contribution in [0.2, 0.25) is 0 Å². The number of methoxy groups -OCH3 is 1. The van der Waals surface area contributed by atoms with Crippen LogP contribution in [0.4, 0.5) is 14.5 Å². The fourth-order valence-corrected chi connectivity index (χ4v) is 7.08. The number of fused-ring (bicyclic) bond motifs is 2. The molecule has 246 valence electrons. The van der Waals surface area contributed by atoms with Gasteiger partial charge in [0, 0.05) is 54.0 Å². The van der Waals surface area contributed by atoms with Crippen LogP contribution in [-0.4, -0.2) is 73.2 Å². The lowest BCUT2D eigenvalue weighted by Crippen LogP contribution is -2.50. The van der Waals surface area contributed by atoms with E-state index in [-0.39, 0.29) is 24.8 Å². The number of ether oxygens (including phenoxy) is 1. The van der Waals surface area contributed by atoms with Gasteiger partial charge >= 0.3 is 0 Å². The third-order valence-corrected chi connectivity index (χ3v) is 9.57. The minimum Gasteiger partial charge on any atom is -0.496 e. The van der Waals surface area contributed by atoms with Crippen LogP contribution in [0.15, 0.2) is 72.2 Å². The lowest BCUT2D eigenvalue weighted by atomic mass is 9.84. The highest BCUT2D eigenvalue weighted by Crippen LogP contribution is 2.41. The number of amides is 1. The van der Waals surface area contributed by atoms with Crippen molar-refractivity contribution in [3.8, 4) is 11.6 Å². The molecule has 1 aromatic carbocycles. The number of nitrogens with zero attached hydrogens (tertiary/aromatic N) is 7. The molecule has 6 heterocycles. The molecular formula is C36H36F2N8O2. The number of hydrogen-bond acceptors (Lipinski definition) is 7. The van der Waals surface area contributed by atoms with Crippen LogP contribution in [0.5, 0.6) is 5.75 Å². The number of aromatic nitrogens is 5. The van der Waals surface area contributed by atoms with Crippen molar-refractivity contribution in [1.82, 2.24) is 29.2 Å². The highest BCUT2D eigenvalue weighted by atomic mass is 19.1. The number of halogens is 2. The molecule has 48 heavy (non-hydrogen) atoms. The van der Waals surface area contributed by atoms with Crippen molar-refractivity contribution >= 4 is 28.3 Å². The van der Waals surface area contributed by atoms with E-state index in [1.54, 1.807) is 36.2 Å². The van der Waals surface area contributed by atoms with Crippen LogP contribution in [0.1, 0.15) is 46.4 Å². The second-order valence-electron chi connectivity index (χ2n) is 13.2. The molecule has 12 heteroatoms. The maximum absolute atomic E-state index is 14.4. The first-order valence-electron chi connectivity index (χ1n) is 16.4. The van der Waals surface area contributed by atoms with Crippen LogP contribution in [-0.2, 0) is 19.4 Å². The monoisotopic (exact) mass is 650 g/mol. The molecule has 8 rings (SSSR count). The molecule has 5 aromatic rings. The van der Waals surface area contributed by atoms with Crippen LogP contribution >= 0.6 is 0 Å². The van der Waals surface area contributed by atoms with Gasteiger partial charge in [-0.05, 0) is 86.1 Å². The molecule has 1 aliphatic carbocycles. The molecule has 3 aliphatic rings. The Balaban J connectivity index is 1.22. The number of nitrogens with two attached hydrogens (primary N) is 1. The van der Waals surface area contributed by atoms with E-state index in [0.29, 0.717) is 48.1 Å². The number of carbonyl (C=O) groups excluding carboxylic acids is 1. The van der Waals surface area contributed by atoms with Crippen LogP contribution in [0, 0.1) is 17.7 Å². The predicted octanol–water partition coefficient (Wildman–Crippen LogP) is 5.22. The van der Waals surface area contributed by atoms with Gasteiger partial charge in [-0.1, -0.05) is 0 Å². The fraction of sp³-hybridized carbons (Fsp3) is 0.361. The molecular weight excluding hydrogens is 614 g/mol. The molecule has 1 amide bonds. The number of benzene rings is 1. The van der Waals surface area contributed by atoms with Crippen molar-refractivity contribution in [2.24, 2.45) is 22.6 Å². The number of alkyl halides is 1. The molecule has 10 nitrogen and oxygen atoms in total. The van der Waals surface area contributed by atoms with Gasteiger partial charge in [0.15, 0.2) is 5.82 Å². The summed E-state index contributed by atoms with van der Waals surface area (Å²) in [5, 5.41) is 5.56. The third kappa shape index (κ3) is 5.85. The van der Waals surface area contributed by atoms with E-state index in [1.807, 2.05) is 18.5 Å². The third-order valence-electron chi connectivity index (χ3n) is 9.57. The van der Waals surface area contributed by atoms with Crippen LogP contribution < -0.4 is 10.5 Å². The predicted molar refractivity (Wildman–Crippen MR) is 177 cm³/mol. The number of pyridine rings is 2. The zero-order chi connectivity index (χ0) is 32.9. The first-order valence-corrected chi connectivity index (χ1v) is 16.4. The number of likely N-dealkylation sites (tertiary alicyclic amines) is 1. The molecule has 3 atom stereocenters. The SMILES string of the molecule is COc1cc(C(=O)N2C[C@H](N)C[C@@H](F)C2)cc2c1CC(Cc1cnn(-c3ccc(F)cn3)c1)C(c1cc3cccnc3n1CC1CC1)=N2. The van der Waals surface area contributed by atoms with Gasteiger partial charge in [0.1, 0.15) is 23.4 Å². The quantitative estimate of drug-likeness (QED) is 0.246. The van der Waals surface area contributed by atoms with Crippen molar-refractivity contribution in [3.05, 3.63) is 95.5 Å². The summed E-state index contributed by atoms with van der Waals surface area (Å²) < 4.78 is 37.7. The molecule has 1 unspecified atom stereocenters. The minimum atomic E-state index is -1.16. The van der Waals surface area contributed by atoms with Gasteiger partial charge in [-0.25, -0.2) is 23.4 Å². The zero-order valence-electron chi connectivity index (χ0n) is 26.6. The summed E-state index contributed by atoms with van der Waals surface area (Å²) in [5.74, 6) is 0.913. The van der Waals surface area contributed by atoms with Gasteiger partial charge in [-0.2, -0.15) is 5.10 Å². The molecule has 0 radical (unpaired) electrons. The van der Waals surface area contributed by atoms with Crippen molar-refractivity contribution in [2.75, 3.05) is 20.2 Å². The van der Waals surface area contributed by atoms with Crippen molar-refractivity contribution in [3.63, 3.8) is 0 Å². The Morgan fingerprint density at radius 1 is 1.10 bits per heavy atom. The Morgan fingerprint density at radius 3 is 2.75 bits per heavy atom. The topological polar surface area (TPSA) is 116 Å². The molecule has 2 aliphatic heterocycles. The van der Waals surface area contributed by atoms with Crippen molar-refractivity contribution in [2.45, 2.75) is 50.9 Å². The lowest BCUT2D eigenvalue weighted by molar-refractivity contribution is 0.0606. The number of piperidine rings is 1. The average Bonchev–Trinajstić information content (AvgIpc) is 3.67. The Bertz CT molecular complexity index is 2020. The van der Waals surface area contributed by atoms with E-state index in [0.717, 1.165) is 40.1 Å². The Hall–Kier alpha value is -4.97. The summed E-state index contributed by atoms with van der Waals surface area (Å²) in [6, 6.07) is 12.3. The van der Waals surface area contributed by atoms with Crippen LogP contribution in [0.25, 0.3) is 16.9 Å². The standard InChI is InChI=1S/C36H36F2N8O2/c1-48-32-13-25(36(47)44-19-27(38)14-28(39)20-44)11-30-29(32)10-24(9-22-15-42-46(18-22)33-7-6-26(37)16-41-33)34(43-30)31-12-23-3-2-8-40-35(23)45(31)17-21-4-5-21/h2-3,6-8,11-13,15-16,18,21,24,27-28H,4-5,9-10,14,17,19-20,39H2,1H3/t24?,27-,28-/m1/s1. The zero-order valence-corrected chi connectivity index (χ0v) is 26.6. The summed E-state index contributed by atoms with van der Waals surface area (Å²) in [7, 11) is 1.59. The number of aliphatic imine (C=N–C) groups is 1. The molecule has 4 aromatic heterocycles. The first-order chi connectivity index (χ1) is 23.3. The van der Waals surface area contributed by atoms with Gasteiger partial charge in [-0.3, -0.25) is 9.79 Å². The van der Waals surface area contributed by atoms with Gasteiger partial charge in [0.2, 0.25) is 0 Å². The van der Waals surface area contributed by atoms with E-state index in [4.69, 9.17) is 20.4 Å². The normalized spacial score (nSPS) is 20.9. The van der Waals surface area contributed by atoms with Gasteiger partial charge in [0.25, 0.3) is 5.91 Å². The summed E-state index contributed by atoms with van der Waals surface area (Å²) in [4.78, 5) is 29.4. The summed E-state index contributed by atoms with van der Waals surface area (Å²) >= 11 is 0. The Morgan fingerprint density at radius 2 is 1.98 bits per heavy atom. The number of rotatable bonds is 8. The maximum Gasteiger partial charge on any atom is 0.254 e. The second-order valence-corrected chi connectivity index (χ2v) is 13.2. The van der Waals surface area contributed by atoms with Gasteiger partial charge in [0.05, 0.1) is 43.1 Å². The largest absolute Gasteiger partial charge is 0.496 e. The summed E-state index contributed by atoms with van der Waals surface area (Å²) in [5.41, 5.74) is 11.8. The molecule has 1 saturated carbocycles. The second kappa shape index (κ2) is 12.2. The molecule has 2 fully saturated rings. The van der Waals surface area contributed by atoms with E-state index >= 15 is 0 Å². The summed E-state index contributed by atoms with van der Waals surface area (Å²) in [6.07, 6.45) is 9.38. The highest BCUT2D eigenvalue weighted by molar-refractivity contribution is 6.07. The number of hydrogen-bond donors (Lipinski definition) is 1. The van der Waals surface area contributed by atoms with Crippen molar-refractivity contribution < 1.29 is 18.3 Å². The highest BCUT2D eigenvalue weighted by Gasteiger charge is 2.34. The first kappa shape index (κ1) is 30.4. The average molecular weight is 651 g/mol. The van der Waals surface area contributed by atoms with Gasteiger partial charge in [-0.15, -0.1) is 0 Å². The fourth-order valence-electron chi connectivity index (χ4n) is 7.08. The van der Waals surface area contributed by atoms with E-state index < -0.39 is 18.0 Å². The molecule has 2 N–H and O–H groups in total. The Labute approximate surface area is 276 Å². The van der Waals surface area contributed by atoms with Gasteiger partial charge < -0.3 is 19.9 Å². The Kier molecular flexibility index (Phi) is 7.74. The minimum absolute atomic E-state index is 0.0118. The summed E-state index contributed by atoms with van der Waals surface area (Å²) in [6.45, 7) is 1.16. The number of carbonyl (C=O) groups is 1. The maximum atomic E-state index is 14.4. The molecule has 0 spiro atoms. The van der Waals surface area contributed by atoms with E-state index in [9.17, 15) is 13.6 Å². The van der Waals surface area contributed by atoms with E-state index in [2.05, 4.69) is 26.8 Å². The molecule has 0 bridgehead atoms. The molecule has 1 saturated heterocycles.